The van der Waals surface area contributed by atoms with Crippen LogP contribution in [0.1, 0.15) is 30.4 Å². The third kappa shape index (κ3) is 1.82. The van der Waals surface area contributed by atoms with Crippen LogP contribution < -0.4 is 0 Å². The summed E-state index contributed by atoms with van der Waals surface area (Å²) in [6.07, 6.45) is 1.77. The standard InChI is InChI=1S/C12H13BrO3/c1-7-8(13)2-3-9(14)11(7)12(4-5-12)6-10(15)16/h2-3,14H,4-6H2,1H3,(H,15,16). The topological polar surface area (TPSA) is 57.5 Å². The molecular weight excluding hydrogens is 272 g/mol. The van der Waals surface area contributed by atoms with Gasteiger partial charge in [-0.3, -0.25) is 4.79 Å². The molecule has 3 nitrogen and oxygen atoms in total. The summed E-state index contributed by atoms with van der Waals surface area (Å²) in [5.41, 5.74) is 1.40. The van der Waals surface area contributed by atoms with Crippen LogP contribution in [-0.4, -0.2) is 16.2 Å². The number of phenols is 1. The first kappa shape index (κ1) is 11.5. The second-order valence-electron chi connectivity index (χ2n) is 4.42. The molecule has 2 rings (SSSR count). The van der Waals surface area contributed by atoms with E-state index in [1.165, 1.54) is 0 Å². The summed E-state index contributed by atoms with van der Waals surface area (Å²) in [7, 11) is 0. The van der Waals surface area contributed by atoms with Crippen molar-refractivity contribution >= 4 is 21.9 Å². The zero-order chi connectivity index (χ0) is 11.9. The van der Waals surface area contributed by atoms with E-state index in [4.69, 9.17) is 5.11 Å². The van der Waals surface area contributed by atoms with Crippen LogP contribution in [0.2, 0.25) is 0 Å². The first-order valence-corrected chi connectivity index (χ1v) is 5.96. The van der Waals surface area contributed by atoms with Gasteiger partial charge in [-0.15, -0.1) is 0 Å². The van der Waals surface area contributed by atoms with E-state index in [9.17, 15) is 9.90 Å². The van der Waals surface area contributed by atoms with Crippen molar-refractivity contribution in [1.82, 2.24) is 0 Å². The van der Waals surface area contributed by atoms with Crippen molar-refractivity contribution in [2.75, 3.05) is 0 Å². The van der Waals surface area contributed by atoms with Crippen molar-refractivity contribution in [1.29, 1.82) is 0 Å². The van der Waals surface area contributed by atoms with Gasteiger partial charge in [0.25, 0.3) is 0 Å². The normalized spacial score (nSPS) is 17.1. The number of hydrogen-bond donors (Lipinski definition) is 2. The molecule has 1 fully saturated rings. The van der Waals surface area contributed by atoms with E-state index in [1.807, 2.05) is 6.92 Å². The molecule has 0 aromatic heterocycles. The molecule has 0 atom stereocenters. The van der Waals surface area contributed by atoms with Gasteiger partial charge in [0, 0.05) is 15.5 Å². The van der Waals surface area contributed by atoms with Crippen molar-refractivity contribution < 1.29 is 15.0 Å². The lowest BCUT2D eigenvalue weighted by Crippen LogP contribution is -2.14. The Bertz CT molecular complexity index is 450. The SMILES string of the molecule is Cc1c(Br)ccc(O)c1C1(CC(=O)O)CC1. The van der Waals surface area contributed by atoms with Gasteiger partial charge in [0.2, 0.25) is 0 Å². The molecule has 0 aliphatic heterocycles. The van der Waals surface area contributed by atoms with Crippen molar-refractivity contribution in [3.8, 4) is 5.75 Å². The van der Waals surface area contributed by atoms with Gasteiger partial charge >= 0.3 is 5.97 Å². The smallest absolute Gasteiger partial charge is 0.304 e. The van der Waals surface area contributed by atoms with Gasteiger partial charge in [-0.1, -0.05) is 15.9 Å². The Morgan fingerprint density at radius 2 is 2.12 bits per heavy atom. The van der Waals surface area contributed by atoms with Crippen LogP contribution in [0.15, 0.2) is 16.6 Å². The van der Waals surface area contributed by atoms with Crippen LogP contribution in [0.4, 0.5) is 0 Å². The fourth-order valence-corrected chi connectivity index (χ4v) is 2.63. The van der Waals surface area contributed by atoms with Crippen molar-refractivity contribution in [3.05, 3.63) is 27.7 Å². The molecule has 86 valence electrons. The highest BCUT2D eigenvalue weighted by Crippen LogP contribution is 2.55. The van der Waals surface area contributed by atoms with Crippen LogP contribution >= 0.6 is 15.9 Å². The number of phenolic OH excluding ortho intramolecular Hbond substituents is 1. The van der Waals surface area contributed by atoms with E-state index in [0.29, 0.717) is 0 Å². The monoisotopic (exact) mass is 284 g/mol. The number of carbonyl (C=O) groups is 1. The molecule has 0 radical (unpaired) electrons. The van der Waals surface area contributed by atoms with Crippen LogP contribution in [0.3, 0.4) is 0 Å². The third-order valence-electron chi connectivity index (χ3n) is 3.25. The molecule has 0 bridgehead atoms. The number of aromatic hydroxyl groups is 1. The summed E-state index contributed by atoms with van der Waals surface area (Å²) in [5.74, 6) is -0.601. The van der Waals surface area contributed by atoms with Gasteiger partial charge in [0.15, 0.2) is 0 Å². The van der Waals surface area contributed by atoms with Gasteiger partial charge in [-0.25, -0.2) is 0 Å². The maximum Gasteiger partial charge on any atom is 0.304 e. The predicted octanol–water partition coefficient (Wildman–Crippen LogP) is 2.97. The fourth-order valence-electron chi connectivity index (χ4n) is 2.30. The number of carboxylic acids is 1. The predicted molar refractivity (Wildman–Crippen MR) is 63.7 cm³/mol. The van der Waals surface area contributed by atoms with E-state index in [0.717, 1.165) is 28.4 Å². The van der Waals surface area contributed by atoms with E-state index < -0.39 is 5.97 Å². The Balaban J connectivity index is 2.48. The average Bonchev–Trinajstić information content (AvgIpc) is 2.92. The molecule has 1 saturated carbocycles. The summed E-state index contributed by atoms with van der Waals surface area (Å²) in [6, 6.07) is 3.40. The summed E-state index contributed by atoms with van der Waals surface area (Å²) in [6.45, 7) is 1.90. The fraction of sp³-hybridized carbons (Fsp3) is 0.417. The van der Waals surface area contributed by atoms with E-state index in [-0.39, 0.29) is 17.6 Å². The molecule has 1 aliphatic rings. The second kappa shape index (κ2) is 3.77. The molecule has 0 heterocycles. The summed E-state index contributed by atoms with van der Waals surface area (Å²) >= 11 is 3.41. The lowest BCUT2D eigenvalue weighted by molar-refractivity contribution is -0.137. The third-order valence-corrected chi connectivity index (χ3v) is 4.11. The van der Waals surface area contributed by atoms with Gasteiger partial charge in [-0.2, -0.15) is 0 Å². The minimum atomic E-state index is -0.809. The number of benzene rings is 1. The Kier molecular flexibility index (Phi) is 2.70. The van der Waals surface area contributed by atoms with E-state index >= 15 is 0 Å². The van der Waals surface area contributed by atoms with Crippen LogP contribution in [0.5, 0.6) is 5.75 Å². The van der Waals surface area contributed by atoms with Crippen LogP contribution in [0.25, 0.3) is 0 Å². The lowest BCUT2D eigenvalue weighted by atomic mass is 9.88. The Hall–Kier alpha value is -1.03. The number of carboxylic acid groups (broad SMARTS) is 1. The molecule has 0 saturated heterocycles. The van der Waals surface area contributed by atoms with E-state index in [2.05, 4.69) is 15.9 Å². The minimum absolute atomic E-state index is 0.0951. The van der Waals surface area contributed by atoms with Crippen molar-refractivity contribution in [2.24, 2.45) is 0 Å². The average molecular weight is 285 g/mol. The lowest BCUT2D eigenvalue weighted by Gasteiger charge is -2.18. The van der Waals surface area contributed by atoms with Gasteiger partial charge in [0.05, 0.1) is 6.42 Å². The first-order chi connectivity index (χ1) is 7.46. The molecule has 1 aromatic carbocycles. The number of hydrogen-bond acceptors (Lipinski definition) is 2. The number of halogens is 1. The minimum Gasteiger partial charge on any atom is -0.508 e. The highest BCUT2D eigenvalue weighted by atomic mass is 79.9. The molecule has 0 amide bonds. The van der Waals surface area contributed by atoms with E-state index in [1.54, 1.807) is 12.1 Å². The van der Waals surface area contributed by atoms with Crippen molar-refractivity contribution in [2.45, 2.75) is 31.6 Å². The van der Waals surface area contributed by atoms with Crippen molar-refractivity contribution in [3.63, 3.8) is 0 Å². The van der Waals surface area contributed by atoms with Gasteiger partial charge in [-0.05, 0) is 37.5 Å². The Labute approximate surface area is 102 Å². The van der Waals surface area contributed by atoms with Crippen LogP contribution in [0, 0.1) is 6.92 Å². The highest BCUT2D eigenvalue weighted by molar-refractivity contribution is 9.10. The quantitative estimate of drug-likeness (QED) is 0.897. The molecule has 1 aliphatic carbocycles. The molecule has 4 heteroatoms. The Morgan fingerprint density at radius 3 is 2.62 bits per heavy atom. The zero-order valence-corrected chi connectivity index (χ0v) is 10.5. The summed E-state index contributed by atoms with van der Waals surface area (Å²) < 4.78 is 0.914. The number of aliphatic carboxylic acids is 1. The highest BCUT2D eigenvalue weighted by Gasteiger charge is 2.48. The zero-order valence-electron chi connectivity index (χ0n) is 8.96. The molecule has 0 spiro atoms. The van der Waals surface area contributed by atoms with Crippen LogP contribution in [-0.2, 0) is 10.2 Å². The Morgan fingerprint density at radius 1 is 1.50 bits per heavy atom. The second-order valence-corrected chi connectivity index (χ2v) is 5.27. The summed E-state index contributed by atoms with van der Waals surface area (Å²) in [4.78, 5) is 10.8. The molecule has 16 heavy (non-hydrogen) atoms. The molecule has 2 N–H and O–H groups in total. The summed E-state index contributed by atoms with van der Waals surface area (Å²) in [5, 5.41) is 18.8. The van der Waals surface area contributed by atoms with Gasteiger partial charge < -0.3 is 10.2 Å². The molecular formula is C12H13BrO3. The number of rotatable bonds is 3. The molecule has 1 aromatic rings. The first-order valence-electron chi connectivity index (χ1n) is 5.17. The maximum absolute atomic E-state index is 10.8. The van der Waals surface area contributed by atoms with Gasteiger partial charge in [0.1, 0.15) is 5.75 Å². The maximum atomic E-state index is 10.8. The largest absolute Gasteiger partial charge is 0.508 e. The molecule has 0 unspecified atom stereocenters.